The van der Waals surface area contributed by atoms with Gasteiger partial charge in [0, 0.05) is 0 Å². The summed E-state index contributed by atoms with van der Waals surface area (Å²) in [6.07, 6.45) is 1.20. The first-order valence-corrected chi connectivity index (χ1v) is 4.21. The molecule has 0 heterocycles. The van der Waals surface area contributed by atoms with Crippen molar-refractivity contribution in [1.82, 2.24) is 0 Å². The number of rotatable bonds is 2. The predicted octanol–water partition coefficient (Wildman–Crippen LogP) is 2.77. The number of aryl methyl sites for hydroxylation is 1. The van der Waals surface area contributed by atoms with E-state index in [1.165, 1.54) is 6.08 Å². The van der Waals surface area contributed by atoms with Gasteiger partial charge in [-0.05, 0) is 30.7 Å². The number of hydrogen-bond acceptors (Lipinski definition) is 1. The SMILES string of the molecule is C=CC(=O)Nc1ccc(C)cc1Cl. The van der Waals surface area contributed by atoms with Gasteiger partial charge in [-0.15, -0.1) is 0 Å². The maximum absolute atomic E-state index is 10.9. The maximum Gasteiger partial charge on any atom is 0.247 e. The lowest BCUT2D eigenvalue weighted by Crippen LogP contribution is -2.07. The van der Waals surface area contributed by atoms with Crippen molar-refractivity contribution in [3.8, 4) is 0 Å². The fourth-order valence-corrected chi connectivity index (χ4v) is 1.19. The minimum Gasteiger partial charge on any atom is -0.321 e. The zero-order valence-electron chi connectivity index (χ0n) is 7.30. The third kappa shape index (κ3) is 2.60. The van der Waals surface area contributed by atoms with E-state index in [0.717, 1.165) is 5.56 Å². The summed E-state index contributed by atoms with van der Waals surface area (Å²) in [5.41, 5.74) is 1.67. The van der Waals surface area contributed by atoms with Crippen LogP contribution in [0.15, 0.2) is 30.9 Å². The van der Waals surface area contributed by atoms with Crippen molar-refractivity contribution in [1.29, 1.82) is 0 Å². The van der Waals surface area contributed by atoms with Crippen LogP contribution in [0.3, 0.4) is 0 Å². The Bertz CT molecular complexity index is 347. The van der Waals surface area contributed by atoms with Gasteiger partial charge in [0.25, 0.3) is 0 Å². The summed E-state index contributed by atoms with van der Waals surface area (Å²) in [4.78, 5) is 10.9. The quantitative estimate of drug-likeness (QED) is 0.723. The minimum atomic E-state index is -0.259. The maximum atomic E-state index is 10.9. The molecule has 0 aliphatic heterocycles. The van der Waals surface area contributed by atoms with Crippen LogP contribution in [0.5, 0.6) is 0 Å². The van der Waals surface area contributed by atoms with Crippen LogP contribution in [-0.4, -0.2) is 5.91 Å². The van der Waals surface area contributed by atoms with Gasteiger partial charge in [0.2, 0.25) is 5.91 Å². The van der Waals surface area contributed by atoms with E-state index in [1.54, 1.807) is 12.1 Å². The molecule has 0 saturated carbocycles. The Morgan fingerprint density at radius 3 is 2.85 bits per heavy atom. The molecule has 68 valence electrons. The number of benzene rings is 1. The van der Waals surface area contributed by atoms with E-state index in [2.05, 4.69) is 11.9 Å². The molecule has 3 heteroatoms. The van der Waals surface area contributed by atoms with Gasteiger partial charge < -0.3 is 5.32 Å². The standard InChI is InChI=1S/C10H10ClNO/c1-3-10(13)12-9-5-4-7(2)6-8(9)11/h3-6H,1H2,2H3,(H,12,13). The summed E-state index contributed by atoms with van der Waals surface area (Å²) in [6.45, 7) is 5.28. The molecule has 2 nitrogen and oxygen atoms in total. The molecule has 0 aliphatic rings. The number of carbonyl (C=O) groups is 1. The number of amides is 1. The zero-order chi connectivity index (χ0) is 9.84. The second kappa shape index (κ2) is 4.10. The zero-order valence-corrected chi connectivity index (χ0v) is 8.06. The van der Waals surface area contributed by atoms with Gasteiger partial charge in [0.1, 0.15) is 0 Å². The Balaban J connectivity index is 2.89. The smallest absolute Gasteiger partial charge is 0.247 e. The fraction of sp³-hybridized carbons (Fsp3) is 0.100. The lowest BCUT2D eigenvalue weighted by molar-refractivity contribution is -0.111. The van der Waals surface area contributed by atoms with Gasteiger partial charge in [-0.3, -0.25) is 4.79 Å². The number of hydrogen-bond donors (Lipinski definition) is 1. The first-order valence-electron chi connectivity index (χ1n) is 3.83. The van der Waals surface area contributed by atoms with E-state index >= 15 is 0 Å². The Morgan fingerprint density at radius 2 is 2.31 bits per heavy atom. The molecule has 0 fully saturated rings. The number of carbonyl (C=O) groups excluding carboxylic acids is 1. The van der Waals surface area contributed by atoms with Crippen LogP contribution in [0.2, 0.25) is 5.02 Å². The third-order valence-electron chi connectivity index (χ3n) is 1.57. The lowest BCUT2D eigenvalue weighted by Gasteiger charge is -2.04. The number of halogens is 1. The molecular weight excluding hydrogens is 186 g/mol. The van der Waals surface area contributed by atoms with Crippen LogP contribution in [0, 0.1) is 6.92 Å². The molecule has 1 rings (SSSR count). The molecule has 0 aromatic heterocycles. The van der Waals surface area contributed by atoms with E-state index in [0.29, 0.717) is 10.7 Å². The van der Waals surface area contributed by atoms with Crippen molar-refractivity contribution >= 4 is 23.2 Å². The Hall–Kier alpha value is -1.28. The van der Waals surface area contributed by atoms with Crippen molar-refractivity contribution < 1.29 is 4.79 Å². The van der Waals surface area contributed by atoms with Crippen molar-refractivity contribution in [2.75, 3.05) is 5.32 Å². The lowest BCUT2D eigenvalue weighted by atomic mass is 10.2. The molecule has 0 radical (unpaired) electrons. The summed E-state index contributed by atoms with van der Waals surface area (Å²) >= 11 is 5.88. The van der Waals surface area contributed by atoms with Crippen molar-refractivity contribution in [3.63, 3.8) is 0 Å². The molecule has 1 aromatic rings. The van der Waals surface area contributed by atoms with Crippen LogP contribution < -0.4 is 5.32 Å². The highest BCUT2D eigenvalue weighted by Crippen LogP contribution is 2.22. The number of nitrogens with one attached hydrogen (secondary N) is 1. The largest absolute Gasteiger partial charge is 0.321 e. The van der Waals surface area contributed by atoms with Gasteiger partial charge in [-0.2, -0.15) is 0 Å². The third-order valence-corrected chi connectivity index (χ3v) is 1.88. The predicted molar refractivity (Wildman–Crippen MR) is 55.0 cm³/mol. The highest BCUT2D eigenvalue weighted by atomic mass is 35.5. The first kappa shape index (κ1) is 9.81. The van der Waals surface area contributed by atoms with Gasteiger partial charge in [-0.25, -0.2) is 0 Å². The summed E-state index contributed by atoms with van der Waals surface area (Å²) in [5, 5.41) is 3.14. The molecule has 1 N–H and O–H groups in total. The van der Waals surface area contributed by atoms with Gasteiger partial charge >= 0.3 is 0 Å². The summed E-state index contributed by atoms with van der Waals surface area (Å²) in [5.74, 6) is -0.259. The topological polar surface area (TPSA) is 29.1 Å². The average molecular weight is 196 g/mol. The molecular formula is C10H10ClNO. The average Bonchev–Trinajstić information content (AvgIpc) is 2.09. The molecule has 1 aromatic carbocycles. The number of anilines is 1. The molecule has 0 unspecified atom stereocenters. The Labute approximate surface area is 82.2 Å². The van der Waals surface area contributed by atoms with Gasteiger partial charge in [0.15, 0.2) is 0 Å². The summed E-state index contributed by atoms with van der Waals surface area (Å²) in [7, 11) is 0. The van der Waals surface area contributed by atoms with E-state index in [1.807, 2.05) is 13.0 Å². The highest BCUT2D eigenvalue weighted by Gasteiger charge is 2.01. The highest BCUT2D eigenvalue weighted by molar-refractivity contribution is 6.33. The van der Waals surface area contributed by atoms with Gasteiger partial charge in [-0.1, -0.05) is 24.2 Å². The molecule has 0 aliphatic carbocycles. The van der Waals surface area contributed by atoms with E-state index in [9.17, 15) is 4.79 Å². The van der Waals surface area contributed by atoms with Crippen LogP contribution >= 0.6 is 11.6 Å². The van der Waals surface area contributed by atoms with Crippen molar-refractivity contribution in [3.05, 3.63) is 41.4 Å². The Morgan fingerprint density at radius 1 is 1.62 bits per heavy atom. The summed E-state index contributed by atoms with van der Waals surface area (Å²) in [6, 6.07) is 5.43. The molecule has 0 saturated heterocycles. The molecule has 0 spiro atoms. The van der Waals surface area contributed by atoms with Crippen LogP contribution in [0.25, 0.3) is 0 Å². The summed E-state index contributed by atoms with van der Waals surface area (Å²) < 4.78 is 0. The normalized spacial score (nSPS) is 9.38. The van der Waals surface area contributed by atoms with Crippen LogP contribution in [-0.2, 0) is 4.79 Å². The van der Waals surface area contributed by atoms with E-state index in [-0.39, 0.29) is 5.91 Å². The first-order chi connectivity index (χ1) is 6.13. The fourth-order valence-electron chi connectivity index (χ4n) is 0.905. The van der Waals surface area contributed by atoms with Crippen molar-refractivity contribution in [2.45, 2.75) is 6.92 Å². The van der Waals surface area contributed by atoms with Crippen LogP contribution in [0.1, 0.15) is 5.56 Å². The van der Waals surface area contributed by atoms with Gasteiger partial charge in [0.05, 0.1) is 10.7 Å². The second-order valence-corrected chi connectivity index (χ2v) is 3.08. The van der Waals surface area contributed by atoms with E-state index in [4.69, 9.17) is 11.6 Å². The van der Waals surface area contributed by atoms with E-state index < -0.39 is 0 Å². The molecule has 1 amide bonds. The molecule has 0 atom stereocenters. The Kier molecular flexibility index (Phi) is 3.09. The minimum absolute atomic E-state index is 0.259. The van der Waals surface area contributed by atoms with Crippen molar-refractivity contribution in [2.24, 2.45) is 0 Å². The van der Waals surface area contributed by atoms with Crippen LogP contribution in [0.4, 0.5) is 5.69 Å². The molecule has 0 bridgehead atoms. The molecule has 13 heavy (non-hydrogen) atoms. The second-order valence-electron chi connectivity index (χ2n) is 2.68. The monoisotopic (exact) mass is 195 g/mol.